The number of Topliss-reactive ketones (excluding diaryl/α,β-unsaturated/α-hetero) is 2. The molecule has 0 aromatic heterocycles. The second-order valence-corrected chi connectivity index (χ2v) is 10.4. The minimum atomic E-state index is -0.342. The molecule has 3 aliphatic rings. The molecule has 2 aromatic rings. The van der Waals surface area contributed by atoms with E-state index in [2.05, 4.69) is 29.2 Å². The predicted octanol–water partition coefficient (Wildman–Crippen LogP) is 6.53. The largest absolute Gasteiger partial charge is 0.490 e. The minimum Gasteiger partial charge on any atom is -0.490 e. The molecule has 2 aliphatic carbocycles. The molecule has 194 valence electrons. The van der Waals surface area contributed by atoms with E-state index < -0.39 is 0 Å². The Morgan fingerprint density at radius 1 is 0.865 bits per heavy atom. The highest BCUT2D eigenvalue weighted by molar-refractivity contribution is 6.06. The Morgan fingerprint density at radius 3 is 2.11 bits per heavy atom. The van der Waals surface area contributed by atoms with E-state index in [4.69, 9.17) is 9.47 Å². The second-order valence-electron chi connectivity index (χ2n) is 10.4. The van der Waals surface area contributed by atoms with E-state index in [9.17, 15) is 9.59 Å². The van der Waals surface area contributed by atoms with E-state index in [1.54, 1.807) is 0 Å². The van der Waals surface area contributed by atoms with Crippen molar-refractivity contribution in [1.29, 1.82) is 0 Å². The summed E-state index contributed by atoms with van der Waals surface area (Å²) in [7, 11) is 0. The van der Waals surface area contributed by atoms with Crippen LogP contribution < -0.4 is 9.47 Å². The van der Waals surface area contributed by atoms with Gasteiger partial charge in [-0.1, -0.05) is 36.4 Å². The van der Waals surface area contributed by atoms with E-state index in [-0.39, 0.29) is 23.6 Å². The molecule has 0 fully saturated rings. The van der Waals surface area contributed by atoms with Gasteiger partial charge in [-0.2, -0.15) is 0 Å². The lowest BCUT2D eigenvalue weighted by atomic mass is 9.71. The second kappa shape index (κ2) is 11.0. The molecule has 2 aromatic carbocycles. The first-order valence-corrected chi connectivity index (χ1v) is 13.7. The summed E-state index contributed by atoms with van der Waals surface area (Å²) in [5.74, 6) is 1.35. The molecule has 0 radical (unpaired) electrons. The summed E-state index contributed by atoms with van der Waals surface area (Å²) in [6.45, 7) is 7.22. The number of hydrogen-bond acceptors (Lipinski definition) is 5. The van der Waals surface area contributed by atoms with Gasteiger partial charge in [-0.05, 0) is 76.1 Å². The summed E-state index contributed by atoms with van der Waals surface area (Å²) >= 11 is 0. The molecule has 5 nitrogen and oxygen atoms in total. The molecule has 37 heavy (non-hydrogen) atoms. The number of carbonyl (C=O) groups is 2. The van der Waals surface area contributed by atoms with Crippen molar-refractivity contribution in [2.24, 2.45) is 0 Å². The molecule has 0 spiro atoms. The first-order chi connectivity index (χ1) is 18.0. The number of nitrogens with zero attached hydrogens (tertiary/aromatic N) is 1. The van der Waals surface area contributed by atoms with E-state index in [0.29, 0.717) is 30.9 Å². The van der Waals surface area contributed by atoms with Gasteiger partial charge in [0.1, 0.15) is 0 Å². The van der Waals surface area contributed by atoms with Gasteiger partial charge in [0.2, 0.25) is 0 Å². The topological polar surface area (TPSA) is 55.8 Å². The number of hydrogen-bond donors (Lipinski definition) is 0. The number of rotatable bonds is 8. The zero-order valence-electron chi connectivity index (χ0n) is 22.2. The summed E-state index contributed by atoms with van der Waals surface area (Å²) in [6.07, 6.45) is 5.40. The zero-order chi connectivity index (χ0) is 25.9. The van der Waals surface area contributed by atoms with Crippen LogP contribution in [-0.2, 0) is 16.0 Å². The molecule has 0 bridgehead atoms. The van der Waals surface area contributed by atoms with Crippen LogP contribution in [0.4, 0.5) is 0 Å². The highest BCUT2D eigenvalue weighted by Crippen LogP contribution is 2.50. The Morgan fingerprint density at radius 2 is 1.51 bits per heavy atom. The molecule has 0 saturated carbocycles. The van der Waals surface area contributed by atoms with Crippen LogP contribution in [0.25, 0.3) is 0 Å². The van der Waals surface area contributed by atoms with Crippen molar-refractivity contribution in [3.8, 4) is 11.5 Å². The lowest BCUT2D eigenvalue weighted by Crippen LogP contribution is -2.39. The Hall–Kier alpha value is -3.34. The number of ether oxygens (including phenoxy) is 2. The van der Waals surface area contributed by atoms with E-state index in [0.717, 1.165) is 66.8 Å². The predicted molar refractivity (Wildman–Crippen MR) is 145 cm³/mol. The fourth-order valence-electron chi connectivity index (χ4n) is 6.03. The Balaban J connectivity index is 1.62. The number of carbonyl (C=O) groups excluding carboxylic acids is 2. The summed E-state index contributed by atoms with van der Waals surface area (Å²) < 4.78 is 12.0. The van der Waals surface area contributed by atoms with Crippen LogP contribution in [0.5, 0.6) is 11.5 Å². The van der Waals surface area contributed by atoms with Crippen molar-refractivity contribution < 1.29 is 19.1 Å². The maximum Gasteiger partial charge on any atom is 0.161 e. The zero-order valence-corrected chi connectivity index (χ0v) is 22.2. The summed E-state index contributed by atoms with van der Waals surface area (Å²) in [6, 6.07) is 16.4. The van der Waals surface area contributed by atoms with Crippen molar-refractivity contribution in [3.63, 3.8) is 0 Å². The van der Waals surface area contributed by atoms with Crippen LogP contribution in [0.3, 0.4) is 0 Å². The highest BCUT2D eigenvalue weighted by Gasteiger charge is 2.43. The van der Waals surface area contributed by atoms with Gasteiger partial charge in [-0.25, -0.2) is 0 Å². The molecule has 1 heterocycles. The van der Waals surface area contributed by atoms with Crippen LogP contribution in [-0.4, -0.2) is 35.7 Å². The van der Waals surface area contributed by atoms with Gasteiger partial charge in [0.25, 0.3) is 0 Å². The van der Waals surface area contributed by atoms with Crippen LogP contribution in [0.2, 0.25) is 0 Å². The lowest BCUT2D eigenvalue weighted by molar-refractivity contribution is -0.117. The number of benzene rings is 2. The molecular formula is C32H37NO4. The van der Waals surface area contributed by atoms with Crippen molar-refractivity contribution in [1.82, 2.24) is 4.90 Å². The van der Waals surface area contributed by atoms with Gasteiger partial charge in [-0.3, -0.25) is 9.59 Å². The fourth-order valence-corrected chi connectivity index (χ4v) is 6.03. The molecule has 0 amide bonds. The first-order valence-electron chi connectivity index (χ1n) is 13.7. The average Bonchev–Trinajstić information content (AvgIpc) is 2.89. The maximum atomic E-state index is 13.6. The van der Waals surface area contributed by atoms with Crippen molar-refractivity contribution in [2.75, 3.05) is 13.2 Å². The third kappa shape index (κ3) is 5.09. The molecule has 0 atom stereocenters. The van der Waals surface area contributed by atoms with Crippen molar-refractivity contribution in [2.45, 2.75) is 77.7 Å². The van der Waals surface area contributed by atoms with Gasteiger partial charge in [0.05, 0.1) is 12.7 Å². The SMILES string of the molecule is CCOc1cc(C2C3=C(CCCC3=O)N(CCc3ccccc3)C3=C2C(=O)CCC3)ccc1OC(C)C. The summed E-state index contributed by atoms with van der Waals surface area (Å²) in [5, 5.41) is 0. The van der Waals surface area contributed by atoms with Crippen LogP contribution in [0.15, 0.2) is 71.1 Å². The number of ketones is 2. The van der Waals surface area contributed by atoms with Crippen LogP contribution in [0, 0.1) is 0 Å². The van der Waals surface area contributed by atoms with Crippen LogP contribution >= 0.6 is 0 Å². The molecule has 0 N–H and O–H groups in total. The quantitative estimate of drug-likeness (QED) is 0.413. The summed E-state index contributed by atoms with van der Waals surface area (Å²) in [5.41, 5.74) is 6.06. The smallest absolute Gasteiger partial charge is 0.161 e. The van der Waals surface area contributed by atoms with Crippen LogP contribution in [0.1, 0.15) is 76.3 Å². The standard InChI is InChI=1S/C32H37NO4/c1-4-36-29-20-23(16-17-28(29)37-21(2)3)30-31-24(12-8-14-26(31)34)33(19-18-22-10-6-5-7-11-22)25-13-9-15-27(35)32(25)30/h5-7,10-11,16-17,20-21,30H,4,8-9,12-15,18-19H2,1-3H3. The lowest BCUT2D eigenvalue weighted by Gasteiger charge is -2.44. The van der Waals surface area contributed by atoms with Gasteiger partial charge in [-0.15, -0.1) is 0 Å². The average molecular weight is 500 g/mol. The van der Waals surface area contributed by atoms with Crippen molar-refractivity contribution in [3.05, 3.63) is 82.2 Å². The van der Waals surface area contributed by atoms with Crippen molar-refractivity contribution >= 4 is 11.6 Å². The fraction of sp³-hybridized carbons (Fsp3) is 0.438. The molecule has 0 unspecified atom stereocenters. The van der Waals surface area contributed by atoms with Gasteiger partial charge in [0.15, 0.2) is 23.1 Å². The van der Waals surface area contributed by atoms with E-state index in [1.165, 1.54) is 5.56 Å². The third-order valence-electron chi connectivity index (χ3n) is 7.52. The molecular weight excluding hydrogens is 462 g/mol. The Kier molecular flexibility index (Phi) is 7.50. The molecule has 5 heteroatoms. The molecule has 1 aliphatic heterocycles. The monoisotopic (exact) mass is 499 g/mol. The Labute approximate surface area is 220 Å². The first kappa shape index (κ1) is 25.3. The number of allylic oxidation sites excluding steroid dienone is 4. The van der Waals surface area contributed by atoms with Gasteiger partial charge >= 0.3 is 0 Å². The van der Waals surface area contributed by atoms with E-state index in [1.807, 2.05) is 45.0 Å². The normalized spacial score (nSPS) is 18.3. The van der Waals surface area contributed by atoms with Gasteiger partial charge in [0, 0.05) is 47.8 Å². The highest BCUT2D eigenvalue weighted by atomic mass is 16.5. The molecule has 5 rings (SSSR count). The third-order valence-corrected chi connectivity index (χ3v) is 7.52. The van der Waals surface area contributed by atoms with Gasteiger partial charge < -0.3 is 14.4 Å². The minimum absolute atomic E-state index is 0.0152. The Bertz CT molecular complexity index is 1200. The molecule has 0 saturated heterocycles. The summed E-state index contributed by atoms with van der Waals surface area (Å²) in [4.78, 5) is 29.5. The maximum absolute atomic E-state index is 13.6. The van der Waals surface area contributed by atoms with E-state index >= 15 is 0 Å².